The molecule has 0 spiro atoms. The summed E-state index contributed by atoms with van der Waals surface area (Å²) in [6.07, 6.45) is 0. The minimum absolute atomic E-state index is 0. The maximum atomic E-state index is 2.00. The molecule has 0 nitrogen and oxygen atoms in total. The summed E-state index contributed by atoms with van der Waals surface area (Å²) >= 11 is 0. The molecule has 0 radical (unpaired) electrons. The van der Waals surface area contributed by atoms with E-state index in [4.69, 9.17) is 0 Å². The first-order valence-corrected chi connectivity index (χ1v) is 7.00. The van der Waals surface area contributed by atoms with Crippen molar-refractivity contribution in [3.8, 4) is 0 Å². The van der Waals surface area contributed by atoms with Crippen molar-refractivity contribution in [3.05, 3.63) is 0 Å². The van der Waals surface area contributed by atoms with Gasteiger partial charge in [0.05, 0.1) is 0 Å². The van der Waals surface area contributed by atoms with Gasteiger partial charge in [-0.2, -0.15) is 0 Å². The largest absolute Gasteiger partial charge is 0.0776 e. The molecule has 258 valence electrons. The maximum Gasteiger partial charge on any atom is -0.0683 e. The van der Waals surface area contributed by atoms with Crippen LogP contribution in [0.15, 0.2) is 0 Å². The molecule has 0 saturated carbocycles. The van der Waals surface area contributed by atoms with Gasteiger partial charge >= 0.3 is 0 Å². The molecule has 34 heavy (non-hydrogen) atoms. The van der Waals surface area contributed by atoms with Gasteiger partial charge in [0.15, 0.2) is 0 Å². The smallest absolute Gasteiger partial charge is 0.0683 e. The molecule has 0 rings (SSSR count). The lowest BCUT2D eigenvalue weighted by molar-refractivity contribution is 1.50. The highest BCUT2D eigenvalue weighted by molar-refractivity contribution is 3.52. The molecule has 0 aromatic carbocycles. The Kier molecular flexibility index (Phi) is 0. The Bertz CT molecular complexity index is 0. The molecule has 0 heteroatoms. The summed E-state index contributed by atoms with van der Waals surface area (Å²) in [5.41, 5.74) is 0. The van der Waals surface area contributed by atoms with Crippen molar-refractivity contribution < 1.29 is 0 Å². The summed E-state index contributed by atoms with van der Waals surface area (Å²) in [6, 6.07) is 0. The summed E-state index contributed by atoms with van der Waals surface area (Å²) in [6.45, 7) is 28.0. The monoisotopic (exact) mass is 531 g/mol. The van der Waals surface area contributed by atoms with Crippen molar-refractivity contribution in [2.24, 2.45) is 0 Å². The van der Waals surface area contributed by atoms with Gasteiger partial charge in [0, 0.05) is 0 Å². The molecule has 0 fully saturated rings. The van der Waals surface area contributed by atoms with Gasteiger partial charge in [-0.05, 0) is 0 Å². The molecule has 0 amide bonds. The zero-order valence-electron chi connectivity index (χ0n) is 14.0. The topological polar surface area (TPSA) is 0 Å². The Morgan fingerprint density at radius 3 is 0.0882 bits per heavy atom. The highest BCUT2D eigenvalue weighted by atomic mass is 13.0. The van der Waals surface area contributed by atoms with Crippen LogP contribution in [0, 0.1) is 0 Å². The quantitative estimate of drug-likeness (QED) is 0.292. The third-order valence-corrected chi connectivity index (χ3v) is 0. The van der Waals surface area contributed by atoms with E-state index in [1.165, 1.54) is 0 Å². The average molecular weight is 531 g/mol. The molecule has 0 unspecified atom stereocenters. The molecule has 0 aliphatic carbocycles. The van der Waals surface area contributed by atoms with Crippen LogP contribution in [0.1, 0.15) is 245 Å². The van der Waals surface area contributed by atoms with Gasteiger partial charge in [0.2, 0.25) is 0 Å². The highest BCUT2D eigenvalue weighted by Gasteiger charge is 0.944. The van der Waals surface area contributed by atoms with Crippen LogP contribution in [0.25, 0.3) is 0 Å². The van der Waals surface area contributed by atoms with Crippen LogP contribution >= 0.6 is 0 Å². The summed E-state index contributed by atoms with van der Waals surface area (Å²) < 4.78 is 0. The van der Waals surface area contributed by atoms with Gasteiger partial charge in [0.25, 0.3) is 0 Å². The maximum absolute atomic E-state index is 2.00. The second kappa shape index (κ2) is 0. The fourth-order valence-corrected chi connectivity index (χ4v) is 0. The molecule has 0 N–H and O–H groups in total. The SMILES string of the molecule is C.C.C.C.C.C.C.C.C.C.C.C.C.C.C.C.C.C.C.C.CC.CC.CC.CC.CC.CC.CC. The molecule has 0 aliphatic rings. The van der Waals surface area contributed by atoms with Crippen LogP contribution in [0.5, 0.6) is 0 Å². The number of rotatable bonds is 0. The van der Waals surface area contributed by atoms with E-state index in [1.807, 2.05) is 96.9 Å². The van der Waals surface area contributed by atoms with Crippen LogP contribution in [0.3, 0.4) is 0 Å². The van der Waals surface area contributed by atoms with Crippen molar-refractivity contribution in [1.82, 2.24) is 0 Å². The standard InChI is InChI=1S/7C2H6.20CH4/c7*1-2;;;;;;;;;;;;;;;;;;;;/h7*1-2H3;20*1H4. The molecule has 0 aromatic heterocycles. The van der Waals surface area contributed by atoms with E-state index < -0.39 is 0 Å². The first-order chi connectivity index (χ1) is 7.00. The fourth-order valence-electron chi connectivity index (χ4n) is 0. The molecule has 0 aromatic rings. The molecular formula is C34H122. The van der Waals surface area contributed by atoms with Gasteiger partial charge in [-0.25, -0.2) is 0 Å². The lowest BCUT2D eigenvalue weighted by Crippen LogP contribution is -0.856. The van der Waals surface area contributed by atoms with Crippen LogP contribution in [-0.4, -0.2) is 0 Å². The van der Waals surface area contributed by atoms with E-state index in [-0.39, 0.29) is 149 Å². The molecule has 0 bridgehead atoms. The predicted molar refractivity (Wildman–Crippen MR) is 214 cm³/mol. The lowest BCUT2D eigenvalue weighted by Gasteiger charge is -1.07. The average Bonchev–Trinajstić information content (AvgIpc) is 2.45. The highest BCUT2D eigenvalue weighted by Crippen LogP contribution is 1.16. The normalized spacial score (nSPS) is 1.24. The van der Waals surface area contributed by atoms with E-state index >= 15 is 0 Å². The third kappa shape index (κ3) is 0. The van der Waals surface area contributed by atoms with E-state index in [0.29, 0.717) is 0 Å². The van der Waals surface area contributed by atoms with Crippen molar-refractivity contribution in [1.29, 1.82) is 0 Å². The van der Waals surface area contributed by atoms with Crippen molar-refractivity contribution in [3.63, 3.8) is 0 Å². The first-order valence-electron chi connectivity index (χ1n) is 7.00. The van der Waals surface area contributed by atoms with Gasteiger partial charge in [0.1, 0.15) is 0 Å². The number of hydrogen-bond acceptors (Lipinski definition) is 0. The predicted octanol–water partition coefficient (Wildman–Crippen LogP) is 19.9. The van der Waals surface area contributed by atoms with Crippen LogP contribution in [0.4, 0.5) is 0 Å². The van der Waals surface area contributed by atoms with E-state index in [9.17, 15) is 0 Å². The number of hydrogen-bond donors (Lipinski definition) is 0. The van der Waals surface area contributed by atoms with E-state index in [1.54, 1.807) is 0 Å². The molecule has 0 heterocycles. The molecular weight excluding hydrogens is 408 g/mol. The Hall–Kier alpha value is 0. The molecule has 0 atom stereocenters. The van der Waals surface area contributed by atoms with Crippen LogP contribution < -0.4 is 0 Å². The van der Waals surface area contributed by atoms with E-state index in [0.717, 1.165) is 0 Å². The minimum Gasteiger partial charge on any atom is -0.0776 e. The minimum atomic E-state index is 0. The second-order valence-electron chi connectivity index (χ2n) is 0. The van der Waals surface area contributed by atoms with Crippen molar-refractivity contribution in [2.45, 2.75) is 245 Å². The molecule has 0 saturated heterocycles. The lowest BCUT2D eigenvalue weighted by atomic mass is 11.0. The zero-order chi connectivity index (χ0) is 14.0. The van der Waals surface area contributed by atoms with Crippen molar-refractivity contribution in [2.75, 3.05) is 0 Å². The summed E-state index contributed by atoms with van der Waals surface area (Å²) in [4.78, 5) is 0. The summed E-state index contributed by atoms with van der Waals surface area (Å²) in [5, 5.41) is 0. The zero-order valence-corrected chi connectivity index (χ0v) is 14.0. The Morgan fingerprint density at radius 1 is 0.0882 bits per heavy atom. The van der Waals surface area contributed by atoms with Gasteiger partial charge in [-0.3, -0.25) is 0 Å². The van der Waals surface area contributed by atoms with Gasteiger partial charge in [-0.1, -0.05) is 245 Å². The van der Waals surface area contributed by atoms with Gasteiger partial charge in [-0.15, -0.1) is 0 Å². The van der Waals surface area contributed by atoms with Crippen LogP contribution in [-0.2, 0) is 0 Å². The first kappa shape index (κ1) is 756. The Morgan fingerprint density at radius 2 is 0.0882 bits per heavy atom. The van der Waals surface area contributed by atoms with Crippen LogP contribution in [0.2, 0.25) is 0 Å². The molecule has 0 aliphatic heterocycles. The fraction of sp³-hybridized carbons (Fsp3) is 1.00. The summed E-state index contributed by atoms with van der Waals surface area (Å²) in [5.74, 6) is 0. The Labute approximate surface area is 245 Å². The van der Waals surface area contributed by atoms with Gasteiger partial charge < -0.3 is 0 Å². The third-order valence-electron chi connectivity index (χ3n) is 0. The van der Waals surface area contributed by atoms with Crippen molar-refractivity contribution >= 4 is 0 Å². The van der Waals surface area contributed by atoms with E-state index in [2.05, 4.69) is 0 Å². The Balaban J connectivity index is -0.000000000612. The second-order valence-corrected chi connectivity index (χ2v) is 0. The summed E-state index contributed by atoms with van der Waals surface area (Å²) in [7, 11) is 0.